The van der Waals surface area contributed by atoms with Crippen LogP contribution in [-0.2, 0) is 6.42 Å². The van der Waals surface area contributed by atoms with Crippen LogP contribution in [0.2, 0.25) is 5.02 Å². The second kappa shape index (κ2) is 7.58. The summed E-state index contributed by atoms with van der Waals surface area (Å²) in [7, 11) is 0. The van der Waals surface area contributed by atoms with Crippen molar-refractivity contribution >= 4 is 45.1 Å². The minimum Gasteiger partial charge on any atom is -0.331 e. The predicted octanol–water partition coefficient (Wildman–Crippen LogP) is 6.89. The number of rotatable bonds is 5. The highest BCUT2D eigenvalue weighted by Gasteiger charge is 2.15. The van der Waals surface area contributed by atoms with Gasteiger partial charge in [0.15, 0.2) is 5.13 Å². The number of thiazole rings is 2. The summed E-state index contributed by atoms with van der Waals surface area (Å²) in [4.78, 5) is 10.9. The van der Waals surface area contributed by atoms with Crippen LogP contribution in [0.25, 0.3) is 22.0 Å². The van der Waals surface area contributed by atoms with Gasteiger partial charge >= 0.3 is 0 Å². The molecule has 130 valence electrons. The normalized spacial score (nSPS) is 10.8. The van der Waals surface area contributed by atoms with Gasteiger partial charge in [0.05, 0.1) is 5.69 Å². The van der Waals surface area contributed by atoms with E-state index in [1.165, 1.54) is 4.88 Å². The molecule has 0 bridgehead atoms. The van der Waals surface area contributed by atoms with Crippen molar-refractivity contribution in [3.8, 4) is 22.0 Å². The van der Waals surface area contributed by atoms with Gasteiger partial charge in [-0.25, -0.2) is 9.97 Å². The highest BCUT2D eigenvalue weighted by atomic mass is 35.5. The Morgan fingerprint density at radius 2 is 1.88 bits per heavy atom. The number of aryl methyl sites for hydroxylation is 1. The first-order valence-electron chi connectivity index (χ1n) is 8.26. The van der Waals surface area contributed by atoms with E-state index in [1.54, 1.807) is 22.7 Å². The van der Waals surface area contributed by atoms with Gasteiger partial charge in [0.25, 0.3) is 0 Å². The summed E-state index contributed by atoms with van der Waals surface area (Å²) >= 11 is 9.32. The molecule has 3 nitrogen and oxygen atoms in total. The lowest BCUT2D eigenvalue weighted by atomic mass is 10.1. The zero-order valence-corrected chi connectivity index (χ0v) is 16.5. The summed E-state index contributed by atoms with van der Waals surface area (Å²) in [6, 6.07) is 17.9. The van der Waals surface area contributed by atoms with Crippen molar-refractivity contribution in [1.29, 1.82) is 0 Å². The second-order valence-electron chi connectivity index (χ2n) is 5.68. The van der Waals surface area contributed by atoms with Crippen LogP contribution in [-0.4, -0.2) is 9.97 Å². The van der Waals surface area contributed by atoms with Crippen molar-refractivity contribution in [2.45, 2.75) is 13.3 Å². The molecule has 0 saturated carbocycles. The van der Waals surface area contributed by atoms with E-state index in [4.69, 9.17) is 21.6 Å². The van der Waals surface area contributed by atoms with Crippen molar-refractivity contribution in [1.82, 2.24) is 9.97 Å². The minimum absolute atomic E-state index is 0.701. The first-order chi connectivity index (χ1) is 12.7. The molecule has 2 aromatic heterocycles. The summed E-state index contributed by atoms with van der Waals surface area (Å²) in [5.41, 5.74) is 4.04. The molecule has 2 aromatic carbocycles. The van der Waals surface area contributed by atoms with Gasteiger partial charge in [-0.15, -0.1) is 22.7 Å². The maximum absolute atomic E-state index is 6.04. The standard InChI is InChI=1S/C20H16ClN3S2/c1-2-17-18(13-7-4-3-5-8-13)24-19(26-17)16-12-25-20(23-16)22-15-10-6-9-14(21)11-15/h3-12H,2H2,1H3,(H,22,23). The van der Waals surface area contributed by atoms with Gasteiger partial charge in [-0.05, 0) is 24.6 Å². The predicted molar refractivity (Wildman–Crippen MR) is 113 cm³/mol. The average Bonchev–Trinajstić information content (AvgIpc) is 3.29. The lowest BCUT2D eigenvalue weighted by molar-refractivity contribution is 1.17. The third kappa shape index (κ3) is 3.65. The van der Waals surface area contributed by atoms with Gasteiger partial charge in [0.1, 0.15) is 10.7 Å². The molecule has 0 aliphatic rings. The topological polar surface area (TPSA) is 37.8 Å². The van der Waals surface area contributed by atoms with Crippen LogP contribution in [0.1, 0.15) is 11.8 Å². The van der Waals surface area contributed by atoms with Gasteiger partial charge in [-0.1, -0.05) is 54.9 Å². The third-order valence-corrected chi connectivity index (χ3v) is 6.08. The zero-order valence-electron chi connectivity index (χ0n) is 14.1. The lowest BCUT2D eigenvalue weighted by Gasteiger charge is -2.01. The third-order valence-electron chi connectivity index (χ3n) is 3.86. The summed E-state index contributed by atoms with van der Waals surface area (Å²) in [5, 5.41) is 7.83. The summed E-state index contributed by atoms with van der Waals surface area (Å²) in [5.74, 6) is 0. The molecular weight excluding hydrogens is 382 g/mol. The van der Waals surface area contributed by atoms with Gasteiger partial charge in [-0.2, -0.15) is 0 Å². The van der Waals surface area contributed by atoms with Crippen LogP contribution in [0.5, 0.6) is 0 Å². The Labute approximate surface area is 165 Å². The van der Waals surface area contributed by atoms with Gasteiger partial charge in [0, 0.05) is 26.5 Å². The molecule has 0 amide bonds. The van der Waals surface area contributed by atoms with Crippen molar-refractivity contribution in [3.63, 3.8) is 0 Å². The van der Waals surface area contributed by atoms with E-state index in [2.05, 4.69) is 24.4 Å². The number of hydrogen-bond acceptors (Lipinski definition) is 5. The smallest absolute Gasteiger partial charge is 0.187 e. The maximum Gasteiger partial charge on any atom is 0.187 e. The minimum atomic E-state index is 0.701. The SMILES string of the molecule is CCc1sc(-c2csc(Nc3cccc(Cl)c3)n2)nc1-c1ccccc1. The van der Waals surface area contributed by atoms with Crippen molar-refractivity contribution in [3.05, 3.63) is 69.9 Å². The van der Waals surface area contributed by atoms with Crippen LogP contribution in [0.4, 0.5) is 10.8 Å². The van der Waals surface area contributed by atoms with E-state index in [0.29, 0.717) is 5.02 Å². The molecule has 4 rings (SSSR count). The number of nitrogens with zero attached hydrogens (tertiary/aromatic N) is 2. The fourth-order valence-corrected chi connectivity index (χ4v) is 4.61. The van der Waals surface area contributed by atoms with Gasteiger partial charge in [-0.3, -0.25) is 0 Å². The Kier molecular flexibility index (Phi) is 5.02. The van der Waals surface area contributed by atoms with Gasteiger partial charge < -0.3 is 5.32 Å². The van der Waals surface area contributed by atoms with E-state index >= 15 is 0 Å². The largest absolute Gasteiger partial charge is 0.331 e. The Morgan fingerprint density at radius 3 is 2.65 bits per heavy atom. The molecule has 0 atom stereocenters. The van der Waals surface area contributed by atoms with E-state index in [-0.39, 0.29) is 0 Å². The Bertz CT molecular complexity index is 1020. The highest BCUT2D eigenvalue weighted by Crippen LogP contribution is 2.35. The summed E-state index contributed by atoms with van der Waals surface area (Å²) in [6.45, 7) is 2.16. The molecular formula is C20H16ClN3S2. The molecule has 26 heavy (non-hydrogen) atoms. The van der Waals surface area contributed by atoms with E-state index < -0.39 is 0 Å². The highest BCUT2D eigenvalue weighted by molar-refractivity contribution is 7.17. The molecule has 1 N–H and O–H groups in total. The van der Waals surface area contributed by atoms with Crippen LogP contribution >= 0.6 is 34.3 Å². The Hall–Kier alpha value is -2.21. The molecule has 0 fully saturated rings. The molecule has 6 heteroatoms. The zero-order chi connectivity index (χ0) is 17.9. The first kappa shape index (κ1) is 17.2. The number of hydrogen-bond donors (Lipinski definition) is 1. The fraction of sp³-hybridized carbons (Fsp3) is 0.100. The van der Waals surface area contributed by atoms with E-state index in [1.807, 2.05) is 47.8 Å². The molecule has 4 aromatic rings. The average molecular weight is 398 g/mol. The van der Waals surface area contributed by atoms with Crippen molar-refractivity contribution < 1.29 is 0 Å². The summed E-state index contributed by atoms with van der Waals surface area (Å²) < 4.78 is 0. The number of halogens is 1. The molecule has 0 aliphatic heterocycles. The fourth-order valence-electron chi connectivity index (χ4n) is 2.64. The Balaban J connectivity index is 1.62. The molecule has 0 aliphatic carbocycles. The maximum atomic E-state index is 6.04. The number of anilines is 2. The monoisotopic (exact) mass is 397 g/mol. The van der Waals surface area contributed by atoms with Crippen LogP contribution in [0.15, 0.2) is 60.0 Å². The van der Waals surface area contributed by atoms with Crippen LogP contribution in [0, 0.1) is 0 Å². The quantitative estimate of drug-likeness (QED) is 0.398. The molecule has 0 saturated heterocycles. The van der Waals surface area contributed by atoms with Crippen molar-refractivity contribution in [2.75, 3.05) is 5.32 Å². The van der Waals surface area contributed by atoms with Crippen LogP contribution < -0.4 is 5.32 Å². The first-order valence-corrected chi connectivity index (χ1v) is 10.3. The van der Waals surface area contributed by atoms with Gasteiger partial charge in [0.2, 0.25) is 0 Å². The van der Waals surface area contributed by atoms with E-state index in [0.717, 1.165) is 39.2 Å². The lowest BCUT2D eigenvalue weighted by Crippen LogP contribution is -1.89. The summed E-state index contributed by atoms with van der Waals surface area (Å²) in [6.07, 6.45) is 0.958. The molecule has 0 unspecified atom stereocenters. The van der Waals surface area contributed by atoms with E-state index in [9.17, 15) is 0 Å². The molecule has 0 radical (unpaired) electrons. The second-order valence-corrected chi connectivity index (χ2v) is 8.06. The number of nitrogens with one attached hydrogen (secondary N) is 1. The van der Waals surface area contributed by atoms with Crippen LogP contribution in [0.3, 0.4) is 0 Å². The number of aromatic nitrogens is 2. The van der Waals surface area contributed by atoms with Crippen molar-refractivity contribution in [2.24, 2.45) is 0 Å². The molecule has 2 heterocycles. The molecule has 0 spiro atoms. The Morgan fingerprint density at radius 1 is 1.04 bits per heavy atom. The number of benzene rings is 2.